The molecule has 11 atom stereocenters. The molecule has 5 rings (SSSR count). The maximum absolute atomic E-state index is 12.9. The largest absolute Gasteiger partial charge is 0.507 e. The summed E-state index contributed by atoms with van der Waals surface area (Å²) in [6, 6.07) is 6.90. The Bertz CT molecular complexity index is 1320. The van der Waals surface area contributed by atoms with E-state index in [2.05, 4.69) is 0 Å². The molecule has 0 amide bonds. The van der Waals surface area contributed by atoms with Crippen LogP contribution >= 0.6 is 0 Å². The number of carbonyl (C=O) groups is 1. The van der Waals surface area contributed by atoms with Crippen molar-refractivity contribution in [3.05, 3.63) is 41.5 Å². The van der Waals surface area contributed by atoms with E-state index in [9.17, 15) is 45.6 Å². The van der Waals surface area contributed by atoms with Crippen molar-refractivity contribution in [2.75, 3.05) is 13.7 Å². The van der Waals surface area contributed by atoms with Gasteiger partial charge in [-0.25, -0.2) is 0 Å². The van der Waals surface area contributed by atoms with Crippen LogP contribution in [0.1, 0.15) is 35.4 Å². The molecule has 3 aliphatic rings. The van der Waals surface area contributed by atoms with Crippen LogP contribution in [-0.4, -0.2) is 122 Å². The van der Waals surface area contributed by atoms with Gasteiger partial charge in [0.1, 0.15) is 71.6 Å². The fraction of sp³-hybridized carbons (Fsp3) is 0.536. The number of benzene rings is 2. The molecule has 2 unspecified atom stereocenters. The summed E-state index contributed by atoms with van der Waals surface area (Å²) in [5, 5.41) is 82.2. The highest BCUT2D eigenvalue weighted by molar-refractivity contribution is 6.02. The topological polar surface area (TPSA) is 234 Å². The fourth-order valence-electron chi connectivity index (χ4n) is 5.20. The van der Waals surface area contributed by atoms with Crippen LogP contribution in [0.15, 0.2) is 30.3 Å². The number of aromatic hydroxyl groups is 2. The number of hydrogen-bond acceptors (Lipinski definition) is 15. The monoisotopic (exact) mass is 610 g/mol. The summed E-state index contributed by atoms with van der Waals surface area (Å²) in [5.74, 6) is -0.999. The van der Waals surface area contributed by atoms with Crippen molar-refractivity contribution >= 4 is 5.78 Å². The Kier molecular flexibility index (Phi) is 8.99. The average Bonchev–Trinajstić information content (AvgIpc) is 2.97. The van der Waals surface area contributed by atoms with E-state index in [4.69, 9.17) is 28.4 Å². The van der Waals surface area contributed by atoms with Crippen LogP contribution in [0.2, 0.25) is 0 Å². The SMILES string of the molecule is COc1ccc([C@@H]2CC(=O)c3c(O)cc(O[C@@H]4OC(CO[C@@H]5OC(C)[C@H](O)[C@@H](O)[C@H]5O)[C@@H](O)[C@H](O)[C@H]4O)cc3O2)cc1O. The highest BCUT2D eigenvalue weighted by Gasteiger charge is 2.47. The lowest BCUT2D eigenvalue weighted by atomic mass is 9.95. The lowest BCUT2D eigenvalue weighted by molar-refractivity contribution is -0.318. The molecule has 2 aromatic carbocycles. The first-order valence-electron chi connectivity index (χ1n) is 13.5. The zero-order valence-corrected chi connectivity index (χ0v) is 23.1. The second-order valence-electron chi connectivity index (χ2n) is 10.6. The molecule has 2 saturated heterocycles. The molecule has 0 aromatic heterocycles. The quantitative estimate of drug-likeness (QED) is 0.185. The van der Waals surface area contributed by atoms with E-state index >= 15 is 0 Å². The number of rotatable bonds is 7. The van der Waals surface area contributed by atoms with Gasteiger partial charge in [-0.3, -0.25) is 4.79 Å². The molecule has 0 saturated carbocycles. The van der Waals surface area contributed by atoms with Gasteiger partial charge in [0.15, 0.2) is 23.6 Å². The number of aliphatic hydroxyl groups excluding tert-OH is 6. The lowest BCUT2D eigenvalue weighted by Crippen LogP contribution is -2.61. The smallest absolute Gasteiger partial charge is 0.229 e. The molecule has 43 heavy (non-hydrogen) atoms. The summed E-state index contributed by atoms with van der Waals surface area (Å²) in [5.41, 5.74) is 0.373. The van der Waals surface area contributed by atoms with Crippen molar-refractivity contribution < 1.29 is 74.1 Å². The summed E-state index contributed by atoms with van der Waals surface area (Å²) in [7, 11) is 1.39. The second-order valence-corrected chi connectivity index (χ2v) is 10.6. The third-order valence-electron chi connectivity index (χ3n) is 7.70. The maximum atomic E-state index is 12.9. The zero-order chi connectivity index (χ0) is 31.2. The standard InChI is InChI=1S/C28H34O15/c1-10-21(32)23(34)25(36)27(40-10)39-9-19-22(33)24(35)26(37)28(43-19)41-12-6-14(30)20-15(31)8-17(42-18(20)7-12)11-3-4-16(38-2)13(29)5-11/h3-7,10,17,19,21-30,32-37H,8-9H2,1-2H3/t10?,17-,19?,21-,22+,23+,24-,25+,26+,27+,28+/m0/s1. The van der Waals surface area contributed by atoms with Gasteiger partial charge in [0.05, 0.1) is 26.2 Å². The summed E-state index contributed by atoms with van der Waals surface area (Å²) >= 11 is 0. The van der Waals surface area contributed by atoms with E-state index < -0.39 is 85.7 Å². The lowest BCUT2D eigenvalue weighted by Gasteiger charge is -2.42. The molecule has 0 spiro atoms. The van der Waals surface area contributed by atoms with Crippen LogP contribution < -0.4 is 14.2 Å². The average molecular weight is 611 g/mol. The number of hydrogen-bond donors (Lipinski definition) is 8. The molecule has 0 aliphatic carbocycles. The summed E-state index contributed by atoms with van der Waals surface area (Å²) in [6.45, 7) is 0.964. The van der Waals surface area contributed by atoms with Gasteiger partial charge < -0.3 is 69.3 Å². The van der Waals surface area contributed by atoms with E-state index in [1.807, 2.05) is 0 Å². The zero-order valence-electron chi connectivity index (χ0n) is 23.1. The third kappa shape index (κ3) is 6.08. The van der Waals surface area contributed by atoms with E-state index in [0.717, 1.165) is 6.07 Å². The van der Waals surface area contributed by atoms with Gasteiger partial charge in [-0.15, -0.1) is 0 Å². The number of methoxy groups -OCH3 is 1. The molecule has 15 heteroatoms. The molecule has 236 valence electrons. The van der Waals surface area contributed by atoms with Crippen molar-refractivity contribution in [3.63, 3.8) is 0 Å². The normalized spacial score (nSPS) is 36.0. The highest BCUT2D eigenvalue weighted by atomic mass is 16.7. The second kappa shape index (κ2) is 12.4. The molecule has 3 aliphatic heterocycles. The van der Waals surface area contributed by atoms with Crippen molar-refractivity contribution in [1.29, 1.82) is 0 Å². The Morgan fingerprint density at radius 1 is 0.837 bits per heavy atom. The fourth-order valence-corrected chi connectivity index (χ4v) is 5.20. The van der Waals surface area contributed by atoms with Crippen LogP contribution in [0.3, 0.4) is 0 Å². The Morgan fingerprint density at radius 3 is 2.23 bits per heavy atom. The van der Waals surface area contributed by atoms with Gasteiger partial charge in [-0.1, -0.05) is 6.07 Å². The van der Waals surface area contributed by atoms with Crippen LogP contribution in [-0.2, 0) is 14.2 Å². The van der Waals surface area contributed by atoms with E-state index in [0.29, 0.717) is 5.56 Å². The maximum Gasteiger partial charge on any atom is 0.229 e. The minimum absolute atomic E-state index is 0.0457. The molecule has 0 bridgehead atoms. The van der Waals surface area contributed by atoms with Gasteiger partial charge in [-0.2, -0.15) is 0 Å². The first-order valence-corrected chi connectivity index (χ1v) is 13.5. The summed E-state index contributed by atoms with van der Waals surface area (Å²) in [6.07, 6.45) is -15.9. The van der Waals surface area contributed by atoms with Gasteiger partial charge >= 0.3 is 0 Å². The minimum Gasteiger partial charge on any atom is -0.507 e. The van der Waals surface area contributed by atoms with Crippen LogP contribution in [0, 0.1) is 0 Å². The molecule has 3 heterocycles. The van der Waals surface area contributed by atoms with Crippen LogP contribution in [0.25, 0.3) is 0 Å². The molecular formula is C28H34O15. The van der Waals surface area contributed by atoms with Gasteiger partial charge in [0.2, 0.25) is 6.29 Å². The number of phenolic OH excluding ortho intramolecular Hbond substituents is 2. The Balaban J connectivity index is 1.30. The first-order chi connectivity index (χ1) is 20.4. The van der Waals surface area contributed by atoms with Crippen molar-refractivity contribution in [1.82, 2.24) is 0 Å². The van der Waals surface area contributed by atoms with Crippen molar-refractivity contribution in [2.45, 2.75) is 80.9 Å². The number of fused-ring (bicyclic) bond motifs is 1. The van der Waals surface area contributed by atoms with Gasteiger partial charge in [-0.05, 0) is 24.6 Å². The number of ether oxygens (including phenoxy) is 6. The van der Waals surface area contributed by atoms with Gasteiger partial charge in [0.25, 0.3) is 0 Å². The van der Waals surface area contributed by atoms with E-state index in [-0.39, 0.29) is 35.0 Å². The Labute approximate surface area is 245 Å². The number of aliphatic hydroxyl groups is 6. The molecule has 2 fully saturated rings. The van der Waals surface area contributed by atoms with E-state index in [1.54, 1.807) is 6.07 Å². The van der Waals surface area contributed by atoms with Crippen LogP contribution in [0.4, 0.5) is 0 Å². The summed E-state index contributed by atoms with van der Waals surface area (Å²) < 4.78 is 33.1. The van der Waals surface area contributed by atoms with Crippen molar-refractivity contribution in [3.8, 4) is 28.7 Å². The minimum atomic E-state index is -1.77. The number of ketones is 1. The Morgan fingerprint density at radius 2 is 1.53 bits per heavy atom. The van der Waals surface area contributed by atoms with E-state index in [1.165, 1.54) is 32.2 Å². The predicted molar refractivity (Wildman–Crippen MR) is 141 cm³/mol. The number of Topliss-reactive ketones (excluding diaryl/α,β-unsaturated/α-hetero) is 1. The third-order valence-corrected chi connectivity index (χ3v) is 7.70. The molecule has 0 radical (unpaired) electrons. The van der Waals surface area contributed by atoms with Gasteiger partial charge in [0, 0.05) is 12.1 Å². The molecule has 2 aromatic rings. The molecular weight excluding hydrogens is 576 g/mol. The number of carbonyl (C=O) groups excluding carboxylic acids is 1. The van der Waals surface area contributed by atoms with Crippen molar-refractivity contribution in [2.24, 2.45) is 0 Å². The molecule has 15 nitrogen and oxygen atoms in total. The first kappa shape index (κ1) is 31.2. The molecule has 8 N–H and O–H groups in total. The predicted octanol–water partition coefficient (Wildman–Crippen LogP) is -1.16. The van der Waals surface area contributed by atoms with Crippen LogP contribution in [0.5, 0.6) is 28.7 Å². The highest BCUT2D eigenvalue weighted by Crippen LogP contribution is 2.43. The number of phenols is 2. The Hall–Kier alpha value is -3.25. The summed E-state index contributed by atoms with van der Waals surface area (Å²) in [4.78, 5) is 12.9.